The molecule has 2 aromatic rings. The standard InChI is InChI=1S/C22H23FN4O2.HI/c1-24-21(26-14-22(10-11-22)17-8-4-5-9-18(17)23)25-12-13-27-19(28)15-6-2-3-7-16(15)20(27)29;/h2-9H,10-14H2,1H3,(H2,24,25,26);1H. The van der Waals surface area contributed by atoms with Gasteiger partial charge in [-0.25, -0.2) is 4.39 Å². The van der Waals surface area contributed by atoms with Gasteiger partial charge in [-0.05, 0) is 36.6 Å². The summed E-state index contributed by atoms with van der Waals surface area (Å²) in [4.78, 5) is 30.2. The van der Waals surface area contributed by atoms with Crippen LogP contribution in [0.2, 0.25) is 0 Å². The average Bonchev–Trinajstić information content (AvgIpc) is 3.49. The van der Waals surface area contributed by atoms with Crippen molar-refractivity contribution in [2.24, 2.45) is 4.99 Å². The molecule has 0 spiro atoms. The van der Waals surface area contributed by atoms with Gasteiger partial charge in [-0.2, -0.15) is 0 Å². The Bertz CT molecular complexity index is 956. The molecule has 1 saturated carbocycles. The summed E-state index contributed by atoms with van der Waals surface area (Å²) < 4.78 is 14.1. The molecule has 2 aromatic carbocycles. The smallest absolute Gasteiger partial charge is 0.261 e. The molecule has 0 unspecified atom stereocenters. The Balaban J connectivity index is 0.00000256. The normalized spacial score (nSPS) is 16.7. The lowest BCUT2D eigenvalue weighted by molar-refractivity contribution is 0.0657. The third kappa shape index (κ3) is 4.19. The Morgan fingerprint density at radius 2 is 1.63 bits per heavy atom. The summed E-state index contributed by atoms with van der Waals surface area (Å²) in [7, 11) is 1.65. The largest absolute Gasteiger partial charge is 0.356 e. The molecule has 0 radical (unpaired) electrons. The highest BCUT2D eigenvalue weighted by molar-refractivity contribution is 14.0. The molecule has 2 N–H and O–H groups in total. The Labute approximate surface area is 192 Å². The molecule has 0 atom stereocenters. The van der Waals surface area contributed by atoms with E-state index in [1.807, 2.05) is 12.1 Å². The molecular formula is C22H24FIN4O2. The second kappa shape index (κ2) is 9.11. The number of amides is 2. The van der Waals surface area contributed by atoms with E-state index >= 15 is 0 Å². The molecule has 0 aromatic heterocycles. The minimum absolute atomic E-state index is 0. The van der Waals surface area contributed by atoms with Crippen LogP contribution in [0.3, 0.4) is 0 Å². The summed E-state index contributed by atoms with van der Waals surface area (Å²) in [5.74, 6) is -0.164. The van der Waals surface area contributed by atoms with Crippen LogP contribution < -0.4 is 10.6 Å². The molecule has 0 saturated heterocycles. The molecular weight excluding hydrogens is 498 g/mol. The molecule has 158 valence electrons. The van der Waals surface area contributed by atoms with Crippen molar-refractivity contribution in [1.82, 2.24) is 15.5 Å². The van der Waals surface area contributed by atoms with Crippen molar-refractivity contribution < 1.29 is 14.0 Å². The van der Waals surface area contributed by atoms with Gasteiger partial charge in [-0.1, -0.05) is 30.3 Å². The quantitative estimate of drug-likeness (QED) is 0.265. The number of benzene rings is 2. The maximum absolute atomic E-state index is 14.1. The van der Waals surface area contributed by atoms with E-state index in [-0.39, 0.29) is 53.6 Å². The first-order valence-corrected chi connectivity index (χ1v) is 9.70. The number of carbonyl (C=O) groups is 2. The molecule has 2 aliphatic rings. The van der Waals surface area contributed by atoms with Crippen LogP contribution in [0.5, 0.6) is 0 Å². The minimum Gasteiger partial charge on any atom is -0.356 e. The van der Waals surface area contributed by atoms with E-state index in [1.54, 1.807) is 37.4 Å². The van der Waals surface area contributed by atoms with Gasteiger partial charge in [0.15, 0.2) is 5.96 Å². The highest BCUT2D eigenvalue weighted by Crippen LogP contribution is 2.48. The van der Waals surface area contributed by atoms with Gasteiger partial charge < -0.3 is 10.6 Å². The molecule has 6 nitrogen and oxygen atoms in total. The number of guanidine groups is 1. The summed E-state index contributed by atoms with van der Waals surface area (Å²) in [6.07, 6.45) is 1.85. The molecule has 0 bridgehead atoms. The van der Waals surface area contributed by atoms with E-state index in [9.17, 15) is 14.0 Å². The number of halogens is 2. The topological polar surface area (TPSA) is 73.8 Å². The molecule has 1 heterocycles. The first-order chi connectivity index (χ1) is 14.1. The average molecular weight is 522 g/mol. The Hall–Kier alpha value is -2.49. The van der Waals surface area contributed by atoms with Gasteiger partial charge in [0.2, 0.25) is 0 Å². The predicted octanol–water partition coefficient (Wildman–Crippen LogP) is 2.94. The van der Waals surface area contributed by atoms with Crippen molar-refractivity contribution in [1.29, 1.82) is 0 Å². The zero-order valence-electron chi connectivity index (χ0n) is 16.7. The molecule has 4 rings (SSSR count). The number of nitrogens with zero attached hydrogens (tertiary/aromatic N) is 2. The van der Waals surface area contributed by atoms with Crippen molar-refractivity contribution in [3.05, 3.63) is 71.0 Å². The second-order valence-electron chi connectivity index (χ2n) is 7.42. The maximum Gasteiger partial charge on any atom is 0.261 e. The highest BCUT2D eigenvalue weighted by atomic mass is 127. The summed E-state index contributed by atoms with van der Waals surface area (Å²) >= 11 is 0. The molecule has 1 fully saturated rings. The van der Waals surface area contributed by atoms with E-state index in [2.05, 4.69) is 15.6 Å². The molecule has 1 aliphatic carbocycles. The first kappa shape index (κ1) is 22.2. The Morgan fingerprint density at radius 1 is 1.03 bits per heavy atom. The third-order valence-electron chi connectivity index (χ3n) is 5.62. The van der Waals surface area contributed by atoms with Crippen LogP contribution in [0.25, 0.3) is 0 Å². The lowest BCUT2D eigenvalue weighted by Gasteiger charge is -2.20. The van der Waals surface area contributed by atoms with E-state index in [0.29, 0.717) is 30.2 Å². The van der Waals surface area contributed by atoms with Crippen LogP contribution in [0, 0.1) is 5.82 Å². The zero-order valence-corrected chi connectivity index (χ0v) is 19.0. The number of nitrogens with one attached hydrogen (secondary N) is 2. The van der Waals surface area contributed by atoms with Crippen molar-refractivity contribution in [3.63, 3.8) is 0 Å². The number of hydrogen-bond acceptors (Lipinski definition) is 3. The van der Waals surface area contributed by atoms with Crippen molar-refractivity contribution in [2.75, 3.05) is 26.7 Å². The summed E-state index contributed by atoms with van der Waals surface area (Å²) in [6, 6.07) is 13.7. The maximum atomic E-state index is 14.1. The van der Waals surface area contributed by atoms with Gasteiger partial charge in [0.1, 0.15) is 5.82 Å². The van der Waals surface area contributed by atoms with Crippen LogP contribution in [0.15, 0.2) is 53.5 Å². The number of fused-ring (bicyclic) bond motifs is 1. The predicted molar refractivity (Wildman–Crippen MR) is 124 cm³/mol. The Kier molecular flexibility index (Phi) is 6.74. The molecule has 8 heteroatoms. The van der Waals surface area contributed by atoms with Gasteiger partial charge in [-0.3, -0.25) is 19.5 Å². The van der Waals surface area contributed by atoms with Gasteiger partial charge >= 0.3 is 0 Å². The van der Waals surface area contributed by atoms with E-state index in [0.717, 1.165) is 18.4 Å². The molecule has 1 aliphatic heterocycles. The van der Waals surface area contributed by atoms with Crippen LogP contribution in [-0.2, 0) is 5.41 Å². The van der Waals surface area contributed by atoms with Gasteiger partial charge in [0, 0.05) is 32.1 Å². The van der Waals surface area contributed by atoms with E-state index in [4.69, 9.17) is 0 Å². The van der Waals surface area contributed by atoms with E-state index in [1.165, 1.54) is 11.0 Å². The van der Waals surface area contributed by atoms with Crippen LogP contribution in [-0.4, -0.2) is 49.4 Å². The zero-order chi connectivity index (χ0) is 20.4. The van der Waals surface area contributed by atoms with Crippen LogP contribution in [0.4, 0.5) is 4.39 Å². The van der Waals surface area contributed by atoms with Crippen molar-refractivity contribution in [3.8, 4) is 0 Å². The van der Waals surface area contributed by atoms with E-state index < -0.39 is 0 Å². The number of hydrogen-bond donors (Lipinski definition) is 2. The number of imide groups is 1. The fourth-order valence-electron chi connectivity index (χ4n) is 3.79. The fraction of sp³-hybridized carbons (Fsp3) is 0.318. The van der Waals surface area contributed by atoms with Gasteiger partial charge in [0.05, 0.1) is 11.1 Å². The van der Waals surface area contributed by atoms with Crippen molar-refractivity contribution >= 4 is 41.8 Å². The monoisotopic (exact) mass is 522 g/mol. The summed E-state index contributed by atoms with van der Waals surface area (Å²) in [5, 5.41) is 6.38. The van der Waals surface area contributed by atoms with Gasteiger partial charge in [0.25, 0.3) is 11.8 Å². The first-order valence-electron chi connectivity index (χ1n) is 9.70. The fourth-order valence-corrected chi connectivity index (χ4v) is 3.79. The van der Waals surface area contributed by atoms with Crippen molar-refractivity contribution in [2.45, 2.75) is 18.3 Å². The summed E-state index contributed by atoms with van der Waals surface area (Å²) in [5.41, 5.74) is 1.42. The van der Waals surface area contributed by atoms with Gasteiger partial charge in [-0.15, -0.1) is 24.0 Å². The number of rotatable bonds is 6. The van der Waals surface area contributed by atoms with Crippen LogP contribution in [0.1, 0.15) is 39.1 Å². The summed E-state index contributed by atoms with van der Waals surface area (Å²) in [6.45, 7) is 1.18. The lowest BCUT2D eigenvalue weighted by atomic mass is 9.95. The third-order valence-corrected chi connectivity index (χ3v) is 5.62. The SMILES string of the molecule is CN=C(NCCN1C(=O)c2ccccc2C1=O)NCC1(c2ccccc2F)CC1.I. The van der Waals surface area contributed by atoms with Crippen LogP contribution >= 0.6 is 24.0 Å². The molecule has 30 heavy (non-hydrogen) atoms. The number of aliphatic imine (C=N–C) groups is 1. The molecule has 2 amide bonds. The lowest BCUT2D eigenvalue weighted by Crippen LogP contribution is -2.45. The Morgan fingerprint density at radius 3 is 2.20 bits per heavy atom. The number of carbonyl (C=O) groups excluding carboxylic acids is 2. The second-order valence-corrected chi connectivity index (χ2v) is 7.42. The highest BCUT2D eigenvalue weighted by Gasteiger charge is 2.45. The minimum atomic E-state index is -0.271.